The summed E-state index contributed by atoms with van der Waals surface area (Å²) in [5, 5.41) is 10.4. The highest BCUT2D eigenvalue weighted by Gasteiger charge is 2.26. The second kappa shape index (κ2) is 6.55. The molecular formula is C14H24N6O. The molecule has 0 radical (unpaired) electrons. The van der Waals surface area contributed by atoms with Crippen LogP contribution in [0.5, 0.6) is 0 Å². The number of aromatic nitrogens is 2. The van der Waals surface area contributed by atoms with Crippen LogP contribution in [0, 0.1) is 0 Å². The molecule has 0 aromatic carbocycles. The third kappa shape index (κ3) is 3.81. The zero-order chi connectivity index (χ0) is 14.7. The van der Waals surface area contributed by atoms with Crippen LogP contribution in [-0.2, 0) is 11.8 Å². The average molecular weight is 292 g/mol. The van der Waals surface area contributed by atoms with Gasteiger partial charge in [-0.3, -0.25) is 19.3 Å². The van der Waals surface area contributed by atoms with Crippen LogP contribution in [0.25, 0.3) is 0 Å². The molecule has 0 saturated carbocycles. The summed E-state index contributed by atoms with van der Waals surface area (Å²) in [5.41, 5.74) is 0. The maximum atomic E-state index is 12.0. The Labute approximate surface area is 125 Å². The van der Waals surface area contributed by atoms with Crippen molar-refractivity contribution in [2.24, 2.45) is 7.05 Å². The minimum atomic E-state index is 0.0182. The van der Waals surface area contributed by atoms with Crippen molar-refractivity contribution >= 4 is 11.7 Å². The Hall–Kier alpha value is -1.44. The van der Waals surface area contributed by atoms with Crippen LogP contribution < -0.4 is 10.6 Å². The number of hydrogen-bond acceptors (Lipinski definition) is 5. The molecule has 116 valence electrons. The molecular weight excluding hydrogens is 268 g/mol. The van der Waals surface area contributed by atoms with Gasteiger partial charge in [0.05, 0.1) is 6.54 Å². The van der Waals surface area contributed by atoms with E-state index in [1.54, 1.807) is 4.68 Å². The highest BCUT2D eigenvalue weighted by atomic mass is 16.2. The van der Waals surface area contributed by atoms with Gasteiger partial charge in [0, 0.05) is 58.1 Å². The lowest BCUT2D eigenvalue weighted by atomic mass is 10.2. The Morgan fingerprint density at radius 3 is 2.86 bits per heavy atom. The van der Waals surface area contributed by atoms with E-state index in [0.717, 1.165) is 39.3 Å². The molecule has 2 aliphatic rings. The Morgan fingerprint density at radius 2 is 2.24 bits per heavy atom. The molecule has 1 atom stereocenters. The Morgan fingerprint density at radius 1 is 1.43 bits per heavy atom. The zero-order valence-corrected chi connectivity index (χ0v) is 12.6. The topological polar surface area (TPSA) is 65.4 Å². The van der Waals surface area contributed by atoms with E-state index in [2.05, 4.69) is 25.5 Å². The lowest BCUT2D eigenvalue weighted by molar-refractivity contribution is -0.117. The first-order valence-electron chi connectivity index (χ1n) is 7.67. The van der Waals surface area contributed by atoms with Crippen LogP contribution in [0.2, 0.25) is 0 Å². The number of rotatable bonds is 4. The first kappa shape index (κ1) is 14.5. The summed E-state index contributed by atoms with van der Waals surface area (Å²) in [5.74, 6) is 0.642. The molecule has 21 heavy (non-hydrogen) atoms. The van der Waals surface area contributed by atoms with Crippen LogP contribution in [0.4, 0.5) is 5.82 Å². The Kier molecular flexibility index (Phi) is 4.52. The number of nitrogens with one attached hydrogen (secondary N) is 2. The van der Waals surface area contributed by atoms with Gasteiger partial charge >= 0.3 is 0 Å². The normalized spacial score (nSPS) is 24.3. The number of amides is 1. The number of hydrogen-bond donors (Lipinski definition) is 2. The molecule has 0 aliphatic carbocycles. The maximum absolute atomic E-state index is 12.0. The summed E-state index contributed by atoms with van der Waals surface area (Å²) in [6.45, 7) is 6.75. The van der Waals surface area contributed by atoms with Crippen molar-refractivity contribution in [1.82, 2.24) is 24.9 Å². The zero-order valence-electron chi connectivity index (χ0n) is 12.6. The molecule has 1 aromatic heterocycles. The average Bonchev–Trinajstić information content (AvgIpc) is 3.11. The van der Waals surface area contributed by atoms with Gasteiger partial charge in [-0.05, 0) is 13.0 Å². The minimum absolute atomic E-state index is 0.0182. The van der Waals surface area contributed by atoms with Gasteiger partial charge in [0.2, 0.25) is 5.91 Å². The summed E-state index contributed by atoms with van der Waals surface area (Å²) in [7, 11) is 1.84. The van der Waals surface area contributed by atoms with Crippen molar-refractivity contribution in [3.63, 3.8) is 0 Å². The summed E-state index contributed by atoms with van der Waals surface area (Å²) in [6.07, 6.45) is 3.07. The molecule has 2 fully saturated rings. The van der Waals surface area contributed by atoms with Gasteiger partial charge < -0.3 is 10.6 Å². The number of carbonyl (C=O) groups excluding carboxylic acids is 1. The highest BCUT2D eigenvalue weighted by Crippen LogP contribution is 2.12. The molecule has 2 N–H and O–H groups in total. The van der Waals surface area contributed by atoms with Crippen molar-refractivity contribution in [2.45, 2.75) is 12.5 Å². The molecule has 0 bridgehead atoms. The molecule has 7 nitrogen and oxygen atoms in total. The van der Waals surface area contributed by atoms with Crippen LogP contribution in [0.1, 0.15) is 6.42 Å². The quantitative estimate of drug-likeness (QED) is 0.771. The van der Waals surface area contributed by atoms with Gasteiger partial charge in [-0.25, -0.2) is 0 Å². The van der Waals surface area contributed by atoms with E-state index in [0.29, 0.717) is 18.4 Å². The van der Waals surface area contributed by atoms with Gasteiger partial charge in [-0.2, -0.15) is 5.10 Å². The Balaban J connectivity index is 1.41. The predicted octanol–water partition coefficient (Wildman–Crippen LogP) is -0.662. The van der Waals surface area contributed by atoms with Gasteiger partial charge in [-0.1, -0.05) is 0 Å². The van der Waals surface area contributed by atoms with Crippen LogP contribution in [0.15, 0.2) is 12.3 Å². The van der Waals surface area contributed by atoms with Crippen molar-refractivity contribution in [1.29, 1.82) is 0 Å². The van der Waals surface area contributed by atoms with E-state index < -0.39 is 0 Å². The molecule has 3 rings (SSSR count). The number of nitrogens with zero attached hydrogens (tertiary/aromatic N) is 4. The minimum Gasteiger partial charge on any atom is -0.315 e. The standard InChI is InChI=1S/C14H24N6O/c1-18-5-3-13(17-18)16-14(21)11-19-6-8-20(9-7-19)12-2-4-15-10-12/h3,5,12,15H,2,4,6-11H2,1H3,(H,16,17,21)/t12-/m0/s1. The monoisotopic (exact) mass is 292 g/mol. The van der Waals surface area contributed by atoms with Crippen LogP contribution in [-0.4, -0.2) is 77.3 Å². The summed E-state index contributed by atoms with van der Waals surface area (Å²) in [4.78, 5) is 16.8. The van der Waals surface area contributed by atoms with Gasteiger partial charge in [0.1, 0.15) is 0 Å². The third-order valence-electron chi connectivity index (χ3n) is 4.31. The van der Waals surface area contributed by atoms with Crippen LogP contribution >= 0.6 is 0 Å². The van der Waals surface area contributed by atoms with E-state index in [4.69, 9.17) is 0 Å². The van der Waals surface area contributed by atoms with Gasteiger partial charge in [-0.15, -0.1) is 0 Å². The van der Waals surface area contributed by atoms with Gasteiger partial charge in [0.25, 0.3) is 0 Å². The fourth-order valence-electron chi connectivity index (χ4n) is 3.10. The van der Waals surface area contributed by atoms with E-state index >= 15 is 0 Å². The largest absolute Gasteiger partial charge is 0.315 e. The molecule has 1 amide bonds. The lowest BCUT2D eigenvalue weighted by Gasteiger charge is -2.37. The van der Waals surface area contributed by atoms with Crippen molar-refractivity contribution < 1.29 is 4.79 Å². The van der Waals surface area contributed by atoms with E-state index in [1.165, 1.54) is 6.42 Å². The molecule has 2 aliphatic heterocycles. The SMILES string of the molecule is Cn1ccc(NC(=O)CN2CCN([C@H]3CCNC3)CC2)n1. The fraction of sp³-hybridized carbons (Fsp3) is 0.714. The number of carbonyl (C=O) groups is 1. The van der Waals surface area contributed by atoms with E-state index in [9.17, 15) is 4.79 Å². The summed E-state index contributed by atoms with van der Waals surface area (Å²) >= 11 is 0. The fourth-order valence-corrected chi connectivity index (χ4v) is 3.10. The third-order valence-corrected chi connectivity index (χ3v) is 4.31. The van der Waals surface area contributed by atoms with Crippen molar-refractivity contribution in [3.8, 4) is 0 Å². The molecule has 2 saturated heterocycles. The summed E-state index contributed by atoms with van der Waals surface area (Å²) in [6, 6.07) is 2.50. The second-order valence-electron chi connectivity index (χ2n) is 5.88. The van der Waals surface area contributed by atoms with Crippen LogP contribution in [0.3, 0.4) is 0 Å². The molecule has 3 heterocycles. The first-order chi connectivity index (χ1) is 10.2. The number of piperazine rings is 1. The molecule has 0 spiro atoms. The second-order valence-corrected chi connectivity index (χ2v) is 5.88. The number of aryl methyl sites for hydroxylation is 1. The van der Waals surface area contributed by atoms with E-state index in [1.807, 2.05) is 19.3 Å². The van der Waals surface area contributed by atoms with Crippen molar-refractivity contribution in [2.75, 3.05) is 51.1 Å². The van der Waals surface area contributed by atoms with Crippen molar-refractivity contribution in [3.05, 3.63) is 12.3 Å². The molecule has 7 heteroatoms. The Bertz CT molecular complexity index is 474. The molecule has 1 aromatic rings. The maximum Gasteiger partial charge on any atom is 0.239 e. The predicted molar refractivity (Wildman–Crippen MR) is 81.1 cm³/mol. The van der Waals surface area contributed by atoms with Gasteiger partial charge in [0.15, 0.2) is 5.82 Å². The summed E-state index contributed by atoms with van der Waals surface area (Å²) < 4.78 is 1.68. The molecule has 0 unspecified atom stereocenters. The highest BCUT2D eigenvalue weighted by molar-refractivity contribution is 5.91. The van der Waals surface area contributed by atoms with E-state index in [-0.39, 0.29) is 5.91 Å². The smallest absolute Gasteiger partial charge is 0.239 e. The first-order valence-corrected chi connectivity index (χ1v) is 7.67. The number of anilines is 1. The lowest BCUT2D eigenvalue weighted by Crippen LogP contribution is -2.52.